The van der Waals surface area contributed by atoms with Gasteiger partial charge in [-0.3, -0.25) is 14.4 Å². The summed E-state index contributed by atoms with van der Waals surface area (Å²) in [4.78, 5) is 64.2. The van der Waals surface area contributed by atoms with Crippen LogP contribution in [0.4, 0.5) is 9.18 Å². The lowest BCUT2D eigenvalue weighted by atomic mass is 9.82. The van der Waals surface area contributed by atoms with E-state index in [-0.39, 0.29) is 31.3 Å². The van der Waals surface area contributed by atoms with Gasteiger partial charge in [0.25, 0.3) is 0 Å². The van der Waals surface area contributed by atoms with E-state index in [1.54, 1.807) is 35.2 Å². The number of ether oxygens (including phenoxy) is 1. The number of rotatable bonds is 10. The first-order valence-corrected chi connectivity index (χ1v) is 14.2. The quantitative estimate of drug-likeness (QED) is 0.359. The molecule has 2 aliphatic rings. The average Bonchev–Trinajstić information content (AvgIpc) is 3.24. The Labute approximate surface area is 248 Å². The molecule has 0 radical (unpaired) electrons. The van der Waals surface area contributed by atoms with Crippen molar-refractivity contribution in [3.8, 4) is 0 Å². The van der Waals surface area contributed by atoms with Gasteiger partial charge in [-0.2, -0.15) is 0 Å². The highest BCUT2D eigenvalue weighted by atomic mass is 35.5. The molecule has 0 aromatic heterocycles. The van der Waals surface area contributed by atoms with Crippen LogP contribution >= 0.6 is 11.6 Å². The molecule has 10 nitrogen and oxygen atoms in total. The number of nitrogens with zero attached hydrogens (tertiary/aromatic N) is 1. The van der Waals surface area contributed by atoms with Gasteiger partial charge in [0.1, 0.15) is 24.8 Å². The molecule has 0 saturated carbocycles. The van der Waals surface area contributed by atoms with E-state index < -0.39 is 41.4 Å². The minimum atomic E-state index is -1.19. The molecule has 4 amide bonds. The maximum absolute atomic E-state index is 13.8. The van der Waals surface area contributed by atoms with Crippen LogP contribution in [0, 0.1) is 11.7 Å². The van der Waals surface area contributed by atoms with Gasteiger partial charge in [-0.05, 0) is 61.1 Å². The van der Waals surface area contributed by atoms with Crippen molar-refractivity contribution >= 4 is 41.7 Å². The number of nitrogens with one attached hydrogen (secondary N) is 3. The van der Waals surface area contributed by atoms with Gasteiger partial charge < -0.3 is 30.4 Å². The molecule has 2 saturated heterocycles. The Bertz CT molecular complexity index is 1330. The fourth-order valence-electron chi connectivity index (χ4n) is 5.55. The normalized spacial score (nSPS) is 19.0. The van der Waals surface area contributed by atoms with Crippen LogP contribution in [0.25, 0.3) is 0 Å². The fraction of sp³-hybridized carbons (Fsp3) is 0.433. The first-order valence-electron chi connectivity index (χ1n) is 13.8. The Kier molecular flexibility index (Phi) is 10.2. The SMILES string of the molecule is CC(=O)N1CCC2(CC1)CC(CC(C=O)NC(=O)[C@H](Cc1cccc(F)c1)NC(=O)OCc1cccc(Cl)c1)C(=O)N2. The molecule has 0 aliphatic carbocycles. The summed E-state index contributed by atoms with van der Waals surface area (Å²) in [6, 6.07) is 10.2. The minimum Gasteiger partial charge on any atom is -0.445 e. The van der Waals surface area contributed by atoms with Gasteiger partial charge in [-0.15, -0.1) is 0 Å². The second-order valence-electron chi connectivity index (χ2n) is 10.9. The zero-order chi connectivity index (χ0) is 30.3. The summed E-state index contributed by atoms with van der Waals surface area (Å²) in [7, 11) is 0. The average molecular weight is 601 g/mol. The molecule has 2 aliphatic heterocycles. The van der Waals surface area contributed by atoms with E-state index in [1.165, 1.54) is 25.1 Å². The number of benzene rings is 2. The molecule has 3 atom stereocenters. The monoisotopic (exact) mass is 600 g/mol. The van der Waals surface area contributed by atoms with Crippen LogP contribution in [-0.2, 0) is 36.9 Å². The second kappa shape index (κ2) is 13.8. The number of hydrogen-bond acceptors (Lipinski definition) is 6. The summed E-state index contributed by atoms with van der Waals surface area (Å²) in [6.45, 7) is 2.50. The van der Waals surface area contributed by atoms with E-state index in [4.69, 9.17) is 16.3 Å². The Morgan fingerprint density at radius 2 is 1.86 bits per heavy atom. The maximum Gasteiger partial charge on any atom is 0.408 e. The summed E-state index contributed by atoms with van der Waals surface area (Å²) >= 11 is 5.97. The number of piperidine rings is 1. The van der Waals surface area contributed by atoms with Gasteiger partial charge in [0.05, 0.1) is 6.04 Å². The van der Waals surface area contributed by atoms with E-state index in [0.717, 1.165) is 0 Å². The van der Waals surface area contributed by atoms with Crippen molar-refractivity contribution in [1.29, 1.82) is 0 Å². The molecule has 2 unspecified atom stereocenters. The number of hydrogen-bond donors (Lipinski definition) is 3. The number of carbonyl (C=O) groups is 5. The predicted molar refractivity (Wildman–Crippen MR) is 152 cm³/mol. The van der Waals surface area contributed by atoms with Crippen molar-refractivity contribution in [3.05, 3.63) is 70.5 Å². The standard InChI is InChI=1S/C30H34ClFN4O6/c1-19(38)36-10-8-30(9-11-36)16-22(27(39)35-30)15-25(17-37)33-28(40)26(14-20-4-3-7-24(32)13-20)34-29(41)42-18-21-5-2-6-23(31)12-21/h2-7,12-13,17,22,25-26H,8-11,14-16,18H2,1H3,(H,33,40)(H,34,41)(H,35,39)/t22?,25?,26-/m0/s1. The smallest absolute Gasteiger partial charge is 0.408 e. The molecule has 3 N–H and O–H groups in total. The lowest BCUT2D eigenvalue weighted by Crippen LogP contribution is -2.51. The minimum absolute atomic E-state index is 0.01000. The molecular formula is C30H34ClFN4O6. The number of alkyl carbamates (subject to hydrolysis) is 1. The lowest BCUT2D eigenvalue weighted by molar-refractivity contribution is -0.130. The van der Waals surface area contributed by atoms with Crippen LogP contribution < -0.4 is 16.0 Å². The van der Waals surface area contributed by atoms with Crippen molar-refractivity contribution in [3.63, 3.8) is 0 Å². The lowest BCUT2D eigenvalue weighted by Gasteiger charge is -2.39. The van der Waals surface area contributed by atoms with E-state index in [0.29, 0.717) is 54.8 Å². The molecule has 2 heterocycles. The van der Waals surface area contributed by atoms with Crippen molar-refractivity contribution in [2.75, 3.05) is 13.1 Å². The van der Waals surface area contributed by atoms with Gasteiger partial charge in [0.2, 0.25) is 17.7 Å². The van der Waals surface area contributed by atoms with Crippen LogP contribution in [0.3, 0.4) is 0 Å². The van der Waals surface area contributed by atoms with E-state index >= 15 is 0 Å². The Balaban J connectivity index is 1.38. The van der Waals surface area contributed by atoms with E-state index in [2.05, 4.69) is 16.0 Å². The zero-order valence-corrected chi connectivity index (χ0v) is 24.0. The zero-order valence-electron chi connectivity index (χ0n) is 23.2. The second-order valence-corrected chi connectivity index (χ2v) is 11.3. The molecular weight excluding hydrogens is 567 g/mol. The molecule has 224 valence electrons. The van der Waals surface area contributed by atoms with Crippen LogP contribution in [-0.4, -0.2) is 65.7 Å². The molecule has 2 aromatic carbocycles. The highest BCUT2D eigenvalue weighted by molar-refractivity contribution is 6.30. The topological polar surface area (TPSA) is 134 Å². The van der Waals surface area contributed by atoms with Gasteiger partial charge in [0, 0.05) is 42.9 Å². The predicted octanol–water partition coefficient (Wildman–Crippen LogP) is 2.91. The van der Waals surface area contributed by atoms with E-state index in [9.17, 15) is 28.4 Å². The highest BCUT2D eigenvalue weighted by Gasteiger charge is 2.46. The number of halogens is 2. The number of aldehydes is 1. The van der Waals surface area contributed by atoms with Crippen molar-refractivity contribution in [2.24, 2.45) is 5.92 Å². The number of amides is 4. The Morgan fingerprint density at radius 3 is 2.52 bits per heavy atom. The molecule has 12 heteroatoms. The van der Waals surface area contributed by atoms with Crippen LogP contribution in [0.2, 0.25) is 5.02 Å². The third-order valence-corrected chi connectivity index (χ3v) is 8.02. The highest BCUT2D eigenvalue weighted by Crippen LogP contribution is 2.36. The van der Waals surface area contributed by atoms with Crippen molar-refractivity contribution < 1.29 is 33.1 Å². The first-order chi connectivity index (χ1) is 20.1. The number of carbonyl (C=O) groups excluding carboxylic acids is 5. The van der Waals surface area contributed by atoms with Gasteiger partial charge >= 0.3 is 6.09 Å². The van der Waals surface area contributed by atoms with Gasteiger partial charge in [-0.25, -0.2) is 9.18 Å². The van der Waals surface area contributed by atoms with E-state index in [1.807, 2.05) is 0 Å². The molecule has 4 rings (SSSR count). The summed E-state index contributed by atoms with van der Waals surface area (Å²) in [5.74, 6) is -1.91. The fourth-order valence-corrected chi connectivity index (χ4v) is 5.77. The molecule has 2 aromatic rings. The summed E-state index contributed by atoms with van der Waals surface area (Å²) in [5, 5.41) is 8.66. The summed E-state index contributed by atoms with van der Waals surface area (Å²) in [5.41, 5.74) is 0.644. The van der Waals surface area contributed by atoms with Gasteiger partial charge in [0.15, 0.2) is 0 Å². The molecule has 2 fully saturated rings. The third kappa shape index (κ3) is 8.28. The summed E-state index contributed by atoms with van der Waals surface area (Å²) < 4.78 is 19.1. The molecule has 0 bridgehead atoms. The summed E-state index contributed by atoms with van der Waals surface area (Å²) in [6.07, 6.45) is 1.40. The van der Waals surface area contributed by atoms with Crippen LogP contribution in [0.15, 0.2) is 48.5 Å². The third-order valence-electron chi connectivity index (χ3n) is 7.79. The number of likely N-dealkylation sites (tertiary alicyclic amines) is 1. The Hall–Kier alpha value is -3.99. The first kappa shape index (κ1) is 31.0. The largest absolute Gasteiger partial charge is 0.445 e. The molecule has 42 heavy (non-hydrogen) atoms. The molecule has 1 spiro atoms. The van der Waals surface area contributed by atoms with Crippen LogP contribution in [0.1, 0.15) is 43.7 Å². The van der Waals surface area contributed by atoms with Crippen molar-refractivity contribution in [2.45, 2.75) is 63.3 Å². The van der Waals surface area contributed by atoms with Crippen LogP contribution in [0.5, 0.6) is 0 Å². The van der Waals surface area contributed by atoms with Crippen molar-refractivity contribution in [1.82, 2.24) is 20.9 Å². The van der Waals surface area contributed by atoms with Gasteiger partial charge in [-0.1, -0.05) is 35.9 Å². The Morgan fingerprint density at radius 1 is 1.14 bits per heavy atom. The maximum atomic E-state index is 13.8.